The summed E-state index contributed by atoms with van der Waals surface area (Å²) in [6.07, 6.45) is -1.33. The lowest BCUT2D eigenvalue weighted by atomic mass is 10.1. The van der Waals surface area contributed by atoms with Crippen LogP contribution in [0.25, 0.3) is 0 Å². The maximum atomic E-state index is 12.4. The van der Waals surface area contributed by atoms with Crippen molar-refractivity contribution in [3.05, 3.63) is 35.4 Å². The van der Waals surface area contributed by atoms with Gasteiger partial charge in [0.25, 0.3) is 0 Å². The van der Waals surface area contributed by atoms with Crippen molar-refractivity contribution < 1.29 is 13.2 Å². The summed E-state index contributed by atoms with van der Waals surface area (Å²) >= 11 is 0. The maximum absolute atomic E-state index is 12.4. The van der Waals surface area contributed by atoms with Crippen molar-refractivity contribution in [1.29, 1.82) is 0 Å². The molecule has 1 aliphatic heterocycles. The van der Waals surface area contributed by atoms with Crippen LogP contribution in [0.1, 0.15) is 24.0 Å². The van der Waals surface area contributed by atoms with Gasteiger partial charge in [0.1, 0.15) is 0 Å². The van der Waals surface area contributed by atoms with Gasteiger partial charge in [-0.3, -0.25) is 0 Å². The van der Waals surface area contributed by atoms with Crippen LogP contribution in [-0.4, -0.2) is 37.6 Å². The fourth-order valence-corrected chi connectivity index (χ4v) is 2.43. The van der Waals surface area contributed by atoms with Crippen molar-refractivity contribution in [2.45, 2.75) is 25.4 Å². The Bertz CT molecular complexity index is 393. The van der Waals surface area contributed by atoms with Gasteiger partial charge in [0.15, 0.2) is 0 Å². The van der Waals surface area contributed by atoms with E-state index in [9.17, 15) is 13.2 Å². The lowest BCUT2D eigenvalue weighted by Gasteiger charge is -2.18. The quantitative estimate of drug-likeness (QED) is 0.831. The molecule has 2 nitrogen and oxygen atoms in total. The second-order valence-electron chi connectivity index (χ2n) is 5.16. The average Bonchev–Trinajstić information content (AvgIpc) is 2.67. The van der Waals surface area contributed by atoms with E-state index in [2.05, 4.69) is 10.2 Å². The Morgan fingerprint density at radius 1 is 1.05 bits per heavy atom. The van der Waals surface area contributed by atoms with Crippen LogP contribution in [0.4, 0.5) is 13.2 Å². The number of alkyl halides is 3. The van der Waals surface area contributed by atoms with Gasteiger partial charge in [-0.15, -0.1) is 0 Å². The fraction of sp³-hybridized carbons (Fsp3) is 0.600. The van der Waals surface area contributed by atoms with Crippen LogP contribution in [0.5, 0.6) is 0 Å². The molecule has 0 saturated carbocycles. The molecule has 0 unspecified atom stereocenters. The zero-order valence-electron chi connectivity index (χ0n) is 11.5. The van der Waals surface area contributed by atoms with Gasteiger partial charge in [0.05, 0.1) is 5.56 Å². The molecule has 2 rings (SSSR count). The first-order valence-electron chi connectivity index (χ1n) is 7.07. The predicted molar refractivity (Wildman–Crippen MR) is 72.7 cm³/mol. The minimum Gasteiger partial charge on any atom is -0.302 e. The lowest BCUT2D eigenvalue weighted by Crippen LogP contribution is -2.28. The minimum absolute atomic E-state index is 0.574. The van der Waals surface area contributed by atoms with Crippen LogP contribution in [0.3, 0.4) is 0 Å². The summed E-state index contributed by atoms with van der Waals surface area (Å²) in [5, 5.41) is 4.37. The molecule has 1 heterocycles. The highest BCUT2D eigenvalue weighted by molar-refractivity contribution is 5.24. The fourth-order valence-electron chi connectivity index (χ4n) is 2.43. The molecule has 1 aromatic rings. The zero-order valence-corrected chi connectivity index (χ0v) is 11.5. The molecule has 5 heteroatoms. The number of hydrogen-bond donors (Lipinski definition) is 0. The molecule has 1 saturated heterocycles. The number of halogens is 3. The Morgan fingerprint density at radius 2 is 1.80 bits per heavy atom. The Balaban J connectivity index is 1.76. The van der Waals surface area contributed by atoms with Gasteiger partial charge in [0, 0.05) is 19.6 Å². The second-order valence-corrected chi connectivity index (χ2v) is 5.16. The molecule has 0 amide bonds. The maximum Gasteiger partial charge on any atom is 0.416 e. The number of rotatable bonds is 4. The molecular weight excluding hydrogens is 265 g/mol. The first kappa shape index (κ1) is 15.3. The summed E-state index contributed by atoms with van der Waals surface area (Å²) in [6.45, 7) is 4.94. The standard InChI is InChI=1S/C15H20F3N2/c16-15(17,18)14-6-4-13(5-7-14)3-1-10-20-11-2-8-19-9-12-20/h4-7H,1-3,8-12H2. The van der Waals surface area contributed by atoms with Gasteiger partial charge in [0.2, 0.25) is 0 Å². The summed E-state index contributed by atoms with van der Waals surface area (Å²) in [4.78, 5) is 2.39. The van der Waals surface area contributed by atoms with E-state index in [0.29, 0.717) is 0 Å². The molecular formula is C15H20F3N2. The van der Waals surface area contributed by atoms with Gasteiger partial charge in [-0.1, -0.05) is 12.1 Å². The Labute approximate surface area is 118 Å². The third-order valence-corrected chi connectivity index (χ3v) is 3.59. The van der Waals surface area contributed by atoms with Crippen LogP contribution in [0.15, 0.2) is 24.3 Å². The van der Waals surface area contributed by atoms with Gasteiger partial charge in [-0.25, -0.2) is 5.32 Å². The second kappa shape index (κ2) is 7.09. The molecule has 0 bridgehead atoms. The zero-order chi connectivity index (χ0) is 14.4. The Kier molecular flexibility index (Phi) is 5.43. The highest BCUT2D eigenvalue weighted by atomic mass is 19.4. The molecule has 0 atom stereocenters. The van der Waals surface area contributed by atoms with Crippen molar-refractivity contribution >= 4 is 0 Å². The third-order valence-electron chi connectivity index (χ3n) is 3.59. The number of aryl methyl sites for hydroxylation is 1. The molecule has 0 N–H and O–H groups in total. The van der Waals surface area contributed by atoms with Crippen LogP contribution >= 0.6 is 0 Å². The summed E-state index contributed by atoms with van der Waals surface area (Å²) in [5.74, 6) is 0. The monoisotopic (exact) mass is 285 g/mol. The lowest BCUT2D eigenvalue weighted by molar-refractivity contribution is -0.137. The molecule has 0 aliphatic carbocycles. The predicted octanol–water partition coefficient (Wildman–Crippen LogP) is 2.95. The van der Waals surface area contributed by atoms with Crippen LogP contribution in [0.2, 0.25) is 0 Å². The SMILES string of the molecule is FC(F)(F)c1ccc(CCCN2CCC[N]CC2)cc1. The number of benzene rings is 1. The topological polar surface area (TPSA) is 17.3 Å². The van der Waals surface area contributed by atoms with E-state index < -0.39 is 11.7 Å². The van der Waals surface area contributed by atoms with E-state index in [-0.39, 0.29) is 0 Å². The summed E-state index contributed by atoms with van der Waals surface area (Å²) in [5.41, 5.74) is 0.396. The molecule has 1 aliphatic rings. The molecule has 0 spiro atoms. The molecule has 20 heavy (non-hydrogen) atoms. The van der Waals surface area contributed by atoms with Crippen molar-refractivity contribution in [2.75, 3.05) is 32.7 Å². The summed E-state index contributed by atoms with van der Waals surface area (Å²) < 4.78 is 37.3. The molecule has 1 fully saturated rings. The first-order valence-corrected chi connectivity index (χ1v) is 7.07. The largest absolute Gasteiger partial charge is 0.416 e. The van der Waals surface area contributed by atoms with Gasteiger partial charge < -0.3 is 4.90 Å². The van der Waals surface area contributed by atoms with Gasteiger partial charge in [-0.05, 0) is 50.0 Å². The van der Waals surface area contributed by atoms with E-state index in [0.717, 1.165) is 57.5 Å². The van der Waals surface area contributed by atoms with Gasteiger partial charge in [-0.2, -0.15) is 13.2 Å². The van der Waals surface area contributed by atoms with Crippen LogP contribution < -0.4 is 5.32 Å². The Hall–Kier alpha value is -1.07. The number of nitrogens with zero attached hydrogens (tertiary/aromatic N) is 2. The Morgan fingerprint density at radius 3 is 2.50 bits per heavy atom. The van der Waals surface area contributed by atoms with E-state index in [4.69, 9.17) is 0 Å². The molecule has 111 valence electrons. The summed E-state index contributed by atoms with van der Waals surface area (Å²) in [6, 6.07) is 5.50. The van der Waals surface area contributed by atoms with E-state index in [1.54, 1.807) is 12.1 Å². The highest BCUT2D eigenvalue weighted by Gasteiger charge is 2.29. The van der Waals surface area contributed by atoms with Crippen molar-refractivity contribution in [3.63, 3.8) is 0 Å². The molecule has 1 radical (unpaired) electrons. The van der Waals surface area contributed by atoms with Gasteiger partial charge >= 0.3 is 6.18 Å². The van der Waals surface area contributed by atoms with Crippen molar-refractivity contribution in [2.24, 2.45) is 0 Å². The van der Waals surface area contributed by atoms with Crippen LogP contribution in [0, 0.1) is 0 Å². The number of hydrogen-bond acceptors (Lipinski definition) is 1. The van der Waals surface area contributed by atoms with Crippen LogP contribution in [-0.2, 0) is 12.6 Å². The van der Waals surface area contributed by atoms with Crippen molar-refractivity contribution in [3.8, 4) is 0 Å². The average molecular weight is 285 g/mol. The van der Waals surface area contributed by atoms with E-state index >= 15 is 0 Å². The van der Waals surface area contributed by atoms with Crippen molar-refractivity contribution in [1.82, 2.24) is 10.2 Å². The van der Waals surface area contributed by atoms with E-state index in [1.165, 1.54) is 12.1 Å². The molecule has 0 aromatic heterocycles. The minimum atomic E-state index is -4.24. The molecule has 1 aromatic carbocycles. The van der Waals surface area contributed by atoms with E-state index in [1.807, 2.05) is 0 Å². The third kappa shape index (κ3) is 4.80. The summed E-state index contributed by atoms with van der Waals surface area (Å²) in [7, 11) is 0. The first-order chi connectivity index (χ1) is 9.55. The smallest absolute Gasteiger partial charge is 0.302 e. The normalized spacial score (nSPS) is 17.9. The highest BCUT2D eigenvalue weighted by Crippen LogP contribution is 2.29.